The average Bonchev–Trinajstić information content (AvgIpc) is 2.78. The maximum Gasteiger partial charge on any atom is 0.224 e. The predicted molar refractivity (Wildman–Crippen MR) is 79.3 cm³/mol. The van der Waals surface area contributed by atoms with E-state index < -0.39 is 0 Å². The minimum atomic E-state index is 0.0105. The van der Waals surface area contributed by atoms with Gasteiger partial charge in [0.1, 0.15) is 5.75 Å². The van der Waals surface area contributed by atoms with Gasteiger partial charge in [-0.15, -0.1) is 0 Å². The van der Waals surface area contributed by atoms with E-state index in [1.165, 1.54) is 0 Å². The minimum Gasteiger partial charge on any atom is -0.497 e. The molecule has 104 valence electrons. The smallest absolute Gasteiger partial charge is 0.224 e. The number of rotatable bonds is 4. The van der Waals surface area contributed by atoms with Crippen molar-refractivity contribution in [1.29, 1.82) is 0 Å². The lowest BCUT2D eigenvalue weighted by atomic mass is 10.00. The largest absolute Gasteiger partial charge is 0.497 e. The van der Waals surface area contributed by atoms with Gasteiger partial charge in [0.15, 0.2) is 0 Å². The highest BCUT2D eigenvalue weighted by Crippen LogP contribution is 2.29. The van der Waals surface area contributed by atoms with Crippen LogP contribution in [0.3, 0.4) is 0 Å². The normalized spacial score (nSPS) is 22.3. The lowest BCUT2D eigenvalue weighted by Crippen LogP contribution is -2.28. The molecule has 5 heteroatoms. The molecule has 0 bridgehead atoms. The molecule has 0 spiro atoms. The zero-order valence-electron chi connectivity index (χ0n) is 11.0. The molecule has 1 saturated carbocycles. The van der Waals surface area contributed by atoms with Crippen molar-refractivity contribution in [2.75, 3.05) is 12.4 Å². The maximum absolute atomic E-state index is 12.0. The molecule has 0 radical (unpaired) electrons. The molecular weight excluding hydrogens is 308 g/mol. The first kappa shape index (κ1) is 14.3. The first-order valence-electron chi connectivity index (χ1n) is 6.49. The van der Waals surface area contributed by atoms with Gasteiger partial charge in [0.25, 0.3) is 0 Å². The zero-order valence-corrected chi connectivity index (χ0v) is 12.6. The molecule has 1 aromatic carbocycles. The molecule has 1 aromatic rings. The summed E-state index contributed by atoms with van der Waals surface area (Å²) in [6.07, 6.45) is 3.70. The van der Waals surface area contributed by atoms with Crippen LogP contribution in [0.2, 0.25) is 0 Å². The summed E-state index contributed by atoms with van der Waals surface area (Å²) in [7, 11) is 1.60. The van der Waals surface area contributed by atoms with Crippen molar-refractivity contribution < 1.29 is 9.53 Å². The highest BCUT2D eigenvalue weighted by molar-refractivity contribution is 9.10. The Kier molecular flexibility index (Phi) is 4.82. The molecule has 1 fully saturated rings. The number of benzene rings is 1. The van der Waals surface area contributed by atoms with Crippen molar-refractivity contribution in [3.8, 4) is 5.75 Å². The van der Waals surface area contributed by atoms with Crippen LogP contribution in [0.4, 0.5) is 5.69 Å². The molecule has 1 amide bonds. The Morgan fingerprint density at radius 3 is 2.95 bits per heavy atom. The first-order valence-corrected chi connectivity index (χ1v) is 7.28. The van der Waals surface area contributed by atoms with E-state index in [1.54, 1.807) is 13.2 Å². The van der Waals surface area contributed by atoms with Gasteiger partial charge >= 0.3 is 0 Å². The lowest BCUT2D eigenvalue weighted by molar-refractivity contribution is -0.117. The number of anilines is 1. The summed E-state index contributed by atoms with van der Waals surface area (Å²) in [5.41, 5.74) is 6.72. The van der Waals surface area contributed by atoms with Crippen molar-refractivity contribution in [2.24, 2.45) is 11.7 Å². The van der Waals surface area contributed by atoms with Gasteiger partial charge in [0.2, 0.25) is 5.91 Å². The van der Waals surface area contributed by atoms with E-state index in [0.717, 1.165) is 35.2 Å². The summed E-state index contributed by atoms with van der Waals surface area (Å²) in [4.78, 5) is 12.0. The van der Waals surface area contributed by atoms with Gasteiger partial charge in [-0.1, -0.05) is 6.42 Å². The molecule has 2 atom stereocenters. The second-order valence-electron chi connectivity index (χ2n) is 4.95. The Morgan fingerprint density at radius 1 is 1.53 bits per heavy atom. The number of ether oxygens (including phenoxy) is 1. The number of halogens is 1. The second-order valence-corrected chi connectivity index (χ2v) is 5.81. The van der Waals surface area contributed by atoms with E-state index in [1.807, 2.05) is 12.1 Å². The summed E-state index contributed by atoms with van der Waals surface area (Å²) >= 11 is 3.42. The molecule has 0 aromatic heterocycles. The Hall–Kier alpha value is -1.07. The van der Waals surface area contributed by atoms with Crippen LogP contribution >= 0.6 is 15.9 Å². The number of nitrogens with two attached hydrogens (primary N) is 1. The number of carbonyl (C=O) groups excluding carboxylic acids is 1. The van der Waals surface area contributed by atoms with Gasteiger partial charge in [0, 0.05) is 23.0 Å². The standard InChI is InChI=1S/C14H19BrN2O2/c1-19-10-5-6-11(15)13(8-10)17-14(18)7-9-3-2-4-12(9)16/h5-6,8-9,12H,2-4,7,16H2,1H3,(H,17,18)/t9-,12+/m0/s1. The van der Waals surface area contributed by atoms with Gasteiger partial charge in [0.05, 0.1) is 12.8 Å². The third-order valence-corrected chi connectivity index (χ3v) is 4.30. The van der Waals surface area contributed by atoms with Crippen LogP contribution in [-0.2, 0) is 4.79 Å². The van der Waals surface area contributed by atoms with E-state index in [-0.39, 0.29) is 11.9 Å². The summed E-state index contributed by atoms with van der Waals surface area (Å²) in [6.45, 7) is 0. The molecule has 4 nitrogen and oxygen atoms in total. The summed E-state index contributed by atoms with van der Waals surface area (Å²) in [5, 5.41) is 2.91. The highest BCUT2D eigenvalue weighted by atomic mass is 79.9. The van der Waals surface area contributed by atoms with Gasteiger partial charge < -0.3 is 15.8 Å². The predicted octanol–water partition coefficient (Wildman–Crippen LogP) is 2.91. The zero-order chi connectivity index (χ0) is 13.8. The van der Waals surface area contributed by atoms with Crippen molar-refractivity contribution in [3.05, 3.63) is 22.7 Å². The van der Waals surface area contributed by atoms with Crippen molar-refractivity contribution in [2.45, 2.75) is 31.7 Å². The number of nitrogens with one attached hydrogen (secondary N) is 1. The molecular formula is C14H19BrN2O2. The van der Waals surface area contributed by atoms with Crippen molar-refractivity contribution in [3.63, 3.8) is 0 Å². The second kappa shape index (κ2) is 6.39. The Labute approximate surface area is 121 Å². The third kappa shape index (κ3) is 3.70. The summed E-state index contributed by atoms with van der Waals surface area (Å²) in [6, 6.07) is 5.67. The molecule has 1 aliphatic rings. The highest BCUT2D eigenvalue weighted by Gasteiger charge is 2.26. The summed E-state index contributed by atoms with van der Waals surface area (Å²) < 4.78 is 5.99. The Morgan fingerprint density at radius 2 is 2.32 bits per heavy atom. The Balaban J connectivity index is 1.98. The number of carbonyl (C=O) groups is 1. The Bertz CT molecular complexity index is 465. The van der Waals surface area contributed by atoms with Crippen molar-refractivity contribution >= 4 is 27.5 Å². The fourth-order valence-corrected chi connectivity index (χ4v) is 2.83. The molecule has 3 N–H and O–H groups in total. The van der Waals surface area contributed by atoms with E-state index in [4.69, 9.17) is 10.5 Å². The van der Waals surface area contributed by atoms with Crippen LogP contribution in [0.25, 0.3) is 0 Å². The van der Waals surface area contributed by atoms with E-state index in [9.17, 15) is 4.79 Å². The molecule has 0 aliphatic heterocycles. The van der Waals surface area contributed by atoms with E-state index in [0.29, 0.717) is 12.3 Å². The van der Waals surface area contributed by atoms with Crippen LogP contribution < -0.4 is 15.8 Å². The fraction of sp³-hybridized carbons (Fsp3) is 0.500. The molecule has 2 rings (SSSR count). The maximum atomic E-state index is 12.0. The fourth-order valence-electron chi connectivity index (χ4n) is 2.49. The van der Waals surface area contributed by atoms with Crippen LogP contribution in [0.15, 0.2) is 22.7 Å². The number of hydrogen-bond donors (Lipinski definition) is 2. The van der Waals surface area contributed by atoms with Gasteiger partial charge in [-0.2, -0.15) is 0 Å². The molecule has 0 saturated heterocycles. The SMILES string of the molecule is COc1ccc(Br)c(NC(=O)C[C@@H]2CCC[C@H]2N)c1. The van der Waals surface area contributed by atoms with Gasteiger partial charge in [-0.3, -0.25) is 4.79 Å². The number of methoxy groups -OCH3 is 1. The van der Waals surface area contributed by atoms with Crippen LogP contribution in [-0.4, -0.2) is 19.1 Å². The average molecular weight is 327 g/mol. The lowest BCUT2D eigenvalue weighted by Gasteiger charge is -2.15. The molecule has 0 heterocycles. The van der Waals surface area contributed by atoms with Crippen LogP contribution in [0, 0.1) is 5.92 Å². The van der Waals surface area contributed by atoms with Gasteiger partial charge in [-0.05, 0) is 46.8 Å². The third-order valence-electron chi connectivity index (χ3n) is 3.61. The number of amides is 1. The minimum absolute atomic E-state index is 0.0105. The quantitative estimate of drug-likeness (QED) is 0.894. The van der Waals surface area contributed by atoms with Crippen LogP contribution in [0.5, 0.6) is 5.75 Å². The van der Waals surface area contributed by atoms with E-state index in [2.05, 4.69) is 21.2 Å². The van der Waals surface area contributed by atoms with Gasteiger partial charge in [-0.25, -0.2) is 0 Å². The molecule has 1 aliphatic carbocycles. The molecule has 0 unspecified atom stereocenters. The summed E-state index contributed by atoms with van der Waals surface area (Å²) in [5.74, 6) is 1.04. The molecule has 19 heavy (non-hydrogen) atoms. The number of hydrogen-bond acceptors (Lipinski definition) is 3. The van der Waals surface area contributed by atoms with E-state index >= 15 is 0 Å². The topological polar surface area (TPSA) is 64.3 Å². The monoisotopic (exact) mass is 326 g/mol. The first-order chi connectivity index (χ1) is 9.10. The van der Waals surface area contributed by atoms with Crippen LogP contribution in [0.1, 0.15) is 25.7 Å². The van der Waals surface area contributed by atoms with Crippen molar-refractivity contribution in [1.82, 2.24) is 0 Å².